The van der Waals surface area contributed by atoms with Crippen LogP contribution in [0.5, 0.6) is 0 Å². The lowest BCUT2D eigenvalue weighted by atomic mass is 9.91. The number of esters is 1. The van der Waals surface area contributed by atoms with Crippen molar-refractivity contribution < 1.29 is 19.1 Å². The lowest BCUT2D eigenvalue weighted by Gasteiger charge is -2.45. The minimum atomic E-state index is -2.08. The van der Waals surface area contributed by atoms with Crippen molar-refractivity contribution in [2.75, 3.05) is 13.2 Å². The molecule has 4 nitrogen and oxygen atoms in total. The van der Waals surface area contributed by atoms with E-state index in [4.69, 9.17) is 9.16 Å². The molecule has 0 aromatic rings. The second-order valence-electron chi connectivity index (χ2n) is 8.55. The Morgan fingerprint density at radius 1 is 1.12 bits per heavy atom. The van der Waals surface area contributed by atoms with E-state index in [1.165, 1.54) is 6.08 Å². The van der Waals surface area contributed by atoms with E-state index in [-0.39, 0.29) is 30.5 Å². The molecule has 5 heteroatoms. The van der Waals surface area contributed by atoms with Gasteiger partial charge in [-0.3, -0.25) is 0 Å². The third-order valence-electron chi connectivity index (χ3n) is 6.13. The average Bonchev–Trinajstić information content (AvgIpc) is 3.02. The summed E-state index contributed by atoms with van der Waals surface area (Å²) in [7, 11) is -2.08. The zero-order valence-corrected chi connectivity index (χ0v) is 18.8. The third-order valence-corrected chi connectivity index (χ3v) is 12.2. The summed E-state index contributed by atoms with van der Waals surface area (Å²) in [4.78, 5) is 11.9. The van der Waals surface area contributed by atoms with Crippen LogP contribution in [0.1, 0.15) is 67.7 Å². The Kier molecular flexibility index (Phi) is 9.55. The van der Waals surface area contributed by atoms with E-state index >= 15 is 0 Å². The predicted molar refractivity (Wildman–Crippen MR) is 110 cm³/mol. The Bertz CT molecular complexity index is 437. The molecule has 1 saturated carbocycles. The number of ether oxygens (including phenoxy) is 1. The summed E-state index contributed by atoms with van der Waals surface area (Å²) in [6.45, 7) is 16.0. The van der Waals surface area contributed by atoms with Crippen LogP contribution in [-0.2, 0) is 14.0 Å². The standard InChI is InChI=1S/C21H40O4Si/c1-8-24-21(23)13-12-20(19-11-9-10-18(19)14-22)25-26(15(2)3,16(4)5)17(6)7/h12-13,15-20,22H,8-11,14H2,1-7H3/b13-12+/t18-,19-,20-/m1/s1. The van der Waals surface area contributed by atoms with E-state index < -0.39 is 8.32 Å². The number of rotatable bonds is 10. The number of aliphatic hydroxyl groups excluding tert-OH is 1. The normalized spacial score (nSPS) is 22.7. The summed E-state index contributed by atoms with van der Waals surface area (Å²) in [6.07, 6.45) is 6.50. The van der Waals surface area contributed by atoms with Crippen molar-refractivity contribution >= 4 is 14.3 Å². The molecular formula is C21H40O4Si. The van der Waals surface area contributed by atoms with Gasteiger partial charge in [0.2, 0.25) is 8.32 Å². The molecule has 1 rings (SSSR count). The smallest absolute Gasteiger partial charge is 0.330 e. The fourth-order valence-corrected chi connectivity index (χ4v) is 10.5. The van der Waals surface area contributed by atoms with Crippen LogP contribution in [0.15, 0.2) is 12.2 Å². The highest BCUT2D eigenvalue weighted by Crippen LogP contribution is 2.46. The van der Waals surface area contributed by atoms with Gasteiger partial charge in [0.1, 0.15) is 0 Å². The Balaban J connectivity index is 3.19. The summed E-state index contributed by atoms with van der Waals surface area (Å²) in [5.74, 6) is 0.212. The molecule has 1 N–H and O–H groups in total. The summed E-state index contributed by atoms with van der Waals surface area (Å²) in [5, 5.41) is 9.81. The maximum Gasteiger partial charge on any atom is 0.330 e. The highest BCUT2D eigenvalue weighted by atomic mass is 28.4. The minimum Gasteiger partial charge on any atom is -0.463 e. The van der Waals surface area contributed by atoms with E-state index in [1.54, 1.807) is 0 Å². The van der Waals surface area contributed by atoms with Gasteiger partial charge in [0, 0.05) is 12.7 Å². The molecule has 3 atom stereocenters. The topological polar surface area (TPSA) is 55.8 Å². The summed E-state index contributed by atoms with van der Waals surface area (Å²) in [5.41, 5.74) is 1.44. The molecular weight excluding hydrogens is 344 g/mol. The van der Waals surface area contributed by atoms with Gasteiger partial charge in [0.05, 0.1) is 12.7 Å². The van der Waals surface area contributed by atoms with Crippen LogP contribution in [0.4, 0.5) is 0 Å². The number of hydrogen-bond donors (Lipinski definition) is 1. The summed E-state index contributed by atoms with van der Waals surface area (Å²) < 4.78 is 12.1. The number of carbonyl (C=O) groups is 1. The molecule has 0 aliphatic heterocycles. The molecule has 152 valence electrons. The maximum atomic E-state index is 11.9. The lowest BCUT2D eigenvalue weighted by Crippen LogP contribution is -2.51. The number of hydrogen-bond acceptors (Lipinski definition) is 4. The van der Waals surface area contributed by atoms with Crippen LogP contribution >= 0.6 is 0 Å². The Hall–Kier alpha value is -0.653. The third kappa shape index (κ3) is 5.43. The molecule has 0 amide bonds. The quantitative estimate of drug-likeness (QED) is 0.324. The van der Waals surface area contributed by atoms with Crippen molar-refractivity contribution in [3.63, 3.8) is 0 Å². The van der Waals surface area contributed by atoms with Crippen molar-refractivity contribution in [1.82, 2.24) is 0 Å². The fourth-order valence-electron chi connectivity index (χ4n) is 5.00. The van der Waals surface area contributed by atoms with E-state index in [0.29, 0.717) is 23.2 Å². The second-order valence-corrected chi connectivity index (χ2v) is 14.0. The van der Waals surface area contributed by atoms with Crippen LogP contribution in [0.3, 0.4) is 0 Å². The van der Waals surface area contributed by atoms with E-state index in [2.05, 4.69) is 41.5 Å². The van der Waals surface area contributed by atoms with Gasteiger partial charge >= 0.3 is 5.97 Å². The van der Waals surface area contributed by atoms with Gasteiger partial charge in [0.15, 0.2) is 0 Å². The van der Waals surface area contributed by atoms with Crippen molar-refractivity contribution in [2.24, 2.45) is 11.8 Å². The SMILES string of the molecule is CCOC(=O)/C=C/[C@@H](O[Si](C(C)C)(C(C)C)C(C)C)[C@@H]1CCC[C@@H]1CO. The number of aliphatic hydroxyl groups is 1. The van der Waals surface area contributed by atoms with E-state index in [1.807, 2.05) is 13.0 Å². The monoisotopic (exact) mass is 384 g/mol. The summed E-state index contributed by atoms with van der Waals surface area (Å²) in [6, 6.07) is 0. The van der Waals surface area contributed by atoms with E-state index in [0.717, 1.165) is 19.3 Å². The highest BCUT2D eigenvalue weighted by Gasteiger charge is 2.48. The Morgan fingerprint density at radius 3 is 2.15 bits per heavy atom. The molecule has 0 heterocycles. The van der Waals surface area contributed by atoms with Crippen molar-refractivity contribution in [2.45, 2.75) is 90.5 Å². The summed E-state index contributed by atoms with van der Waals surface area (Å²) >= 11 is 0. The first-order chi connectivity index (χ1) is 12.2. The zero-order chi connectivity index (χ0) is 19.9. The van der Waals surface area contributed by atoms with Gasteiger partial charge in [-0.2, -0.15) is 0 Å². The first-order valence-electron chi connectivity index (χ1n) is 10.3. The van der Waals surface area contributed by atoms with Gasteiger partial charge in [0.25, 0.3) is 0 Å². The zero-order valence-electron chi connectivity index (χ0n) is 17.8. The van der Waals surface area contributed by atoms with E-state index in [9.17, 15) is 9.90 Å². The molecule has 0 saturated heterocycles. The van der Waals surface area contributed by atoms with Gasteiger partial charge in [-0.25, -0.2) is 4.79 Å². The molecule has 1 aliphatic rings. The molecule has 26 heavy (non-hydrogen) atoms. The number of carbonyl (C=O) groups excluding carboxylic acids is 1. The van der Waals surface area contributed by atoms with Crippen LogP contribution < -0.4 is 0 Å². The first-order valence-corrected chi connectivity index (χ1v) is 12.5. The first kappa shape index (κ1) is 23.4. The van der Waals surface area contributed by atoms with Crippen molar-refractivity contribution in [3.8, 4) is 0 Å². The van der Waals surface area contributed by atoms with Gasteiger partial charge < -0.3 is 14.3 Å². The molecule has 1 aliphatic carbocycles. The van der Waals surface area contributed by atoms with Crippen LogP contribution in [-0.4, -0.2) is 38.7 Å². The average molecular weight is 385 g/mol. The predicted octanol–water partition coefficient (Wildman–Crippen LogP) is 5.08. The lowest BCUT2D eigenvalue weighted by molar-refractivity contribution is -0.137. The second kappa shape index (κ2) is 10.6. The Morgan fingerprint density at radius 2 is 1.69 bits per heavy atom. The molecule has 0 radical (unpaired) electrons. The van der Waals surface area contributed by atoms with Crippen LogP contribution in [0.25, 0.3) is 0 Å². The molecule has 0 unspecified atom stereocenters. The molecule has 0 aromatic heterocycles. The van der Waals surface area contributed by atoms with Gasteiger partial charge in [-0.15, -0.1) is 0 Å². The van der Waals surface area contributed by atoms with Crippen LogP contribution in [0, 0.1) is 11.8 Å². The van der Waals surface area contributed by atoms with Gasteiger partial charge in [-0.1, -0.05) is 48.0 Å². The minimum absolute atomic E-state index is 0.127. The van der Waals surface area contributed by atoms with Gasteiger partial charge in [-0.05, 0) is 54.3 Å². The molecule has 0 bridgehead atoms. The van der Waals surface area contributed by atoms with Crippen molar-refractivity contribution in [1.29, 1.82) is 0 Å². The Labute approximate surface area is 161 Å². The largest absolute Gasteiger partial charge is 0.463 e. The highest BCUT2D eigenvalue weighted by molar-refractivity contribution is 6.77. The fraction of sp³-hybridized carbons (Fsp3) is 0.857. The maximum absolute atomic E-state index is 11.9. The molecule has 1 fully saturated rings. The molecule has 0 aromatic carbocycles. The van der Waals surface area contributed by atoms with Crippen molar-refractivity contribution in [3.05, 3.63) is 12.2 Å². The molecule has 0 spiro atoms. The van der Waals surface area contributed by atoms with Crippen LogP contribution in [0.2, 0.25) is 16.6 Å².